The molecule has 1 atom stereocenters. The lowest BCUT2D eigenvalue weighted by molar-refractivity contribution is -0.116. The maximum absolute atomic E-state index is 14.5. The van der Waals surface area contributed by atoms with Crippen LogP contribution in [0, 0.1) is 12.7 Å². The van der Waals surface area contributed by atoms with Crippen LogP contribution in [0.25, 0.3) is 0 Å². The Morgan fingerprint density at radius 2 is 2.00 bits per heavy atom. The number of benzene rings is 2. The van der Waals surface area contributed by atoms with Gasteiger partial charge in [0.15, 0.2) is 0 Å². The zero-order valence-corrected chi connectivity index (χ0v) is 17.9. The number of aryl methyl sites for hydroxylation is 1. The van der Waals surface area contributed by atoms with Gasteiger partial charge >= 0.3 is 0 Å². The fourth-order valence-electron chi connectivity index (χ4n) is 3.34. The normalized spacial score (nSPS) is 16.5. The predicted octanol–water partition coefficient (Wildman–Crippen LogP) is 5.27. The lowest BCUT2D eigenvalue weighted by Gasteiger charge is -2.24. The van der Waals surface area contributed by atoms with E-state index in [2.05, 4.69) is 21.2 Å². The summed E-state index contributed by atoms with van der Waals surface area (Å²) in [5.41, 5.74) is 1.45. The quantitative estimate of drug-likeness (QED) is 0.556. The topological polar surface area (TPSA) is 63.2 Å². The Hall–Kier alpha value is -2.03. The third-order valence-corrected chi connectivity index (χ3v) is 8.19. The van der Waals surface area contributed by atoms with E-state index in [1.54, 1.807) is 24.3 Å². The number of carbonyl (C=O) groups excluding carboxylic acids is 1. The molecule has 1 amide bonds. The minimum Gasteiger partial charge on any atom is -0.324 e. The molecular formula is C20H15BrFNO3S2. The van der Waals surface area contributed by atoms with Crippen molar-refractivity contribution >= 4 is 48.7 Å². The smallest absolute Gasteiger partial charge is 0.225 e. The van der Waals surface area contributed by atoms with Gasteiger partial charge in [0.25, 0.3) is 0 Å². The van der Waals surface area contributed by atoms with E-state index in [9.17, 15) is 17.6 Å². The van der Waals surface area contributed by atoms with Crippen LogP contribution in [-0.4, -0.2) is 14.3 Å². The third kappa shape index (κ3) is 3.29. The van der Waals surface area contributed by atoms with Gasteiger partial charge in [-0.15, -0.1) is 11.3 Å². The number of halogens is 2. The average molecular weight is 480 g/mol. The number of thiophene rings is 1. The van der Waals surface area contributed by atoms with E-state index < -0.39 is 21.6 Å². The van der Waals surface area contributed by atoms with Crippen LogP contribution in [0.5, 0.6) is 0 Å². The Labute approximate surface area is 174 Å². The summed E-state index contributed by atoms with van der Waals surface area (Å²) in [6, 6.07) is 11.2. The second-order valence-corrected chi connectivity index (χ2v) is 10.4. The van der Waals surface area contributed by atoms with Crippen LogP contribution in [0.1, 0.15) is 28.3 Å². The molecule has 2 heterocycles. The number of fused-ring (bicyclic) bond motifs is 1. The van der Waals surface area contributed by atoms with Gasteiger partial charge in [0.05, 0.1) is 10.6 Å². The lowest BCUT2D eigenvalue weighted by atomic mass is 9.90. The van der Waals surface area contributed by atoms with Crippen molar-refractivity contribution in [1.82, 2.24) is 0 Å². The summed E-state index contributed by atoms with van der Waals surface area (Å²) in [4.78, 5) is 13.2. The first-order valence-electron chi connectivity index (χ1n) is 8.45. The highest BCUT2D eigenvalue weighted by Crippen LogP contribution is 2.46. The fourth-order valence-corrected chi connectivity index (χ4v) is 6.73. The molecule has 0 radical (unpaired) electrons. The Kier molecular flexibility index (Phi) is 4.89. The maximum Gasteiger partial charge on any atom is 0.225 e. The van der Waals surface area contributed by atoms with E-state index >= 15 is 0 Å². The van der Waals surface area contributed by atoms with E-state index in [0.29, 0.717) is 14.9 Å². The summed E-state index contributed by atoms with van der Waals surface area (Å²) in [5, 5.41) is 4.22. The van der Waals surface area contributed by atoms with E-state index in [4.69, 9.17) is 0 Å². The molecule has 1 N–H and O–H groups in total. The molecule has 0 fully saturated rings. The second-order valence-electron chi connectivity index (χ2n) is 6.63. The standard InChI is InChI=1S/C20H15BrFNO3S2/c1-11-3-2-4-13(7-11)28(25,26)17-10-27-20-15(9-18(24)23-19(17)20)14-8-12(21)5-6-16(14)22/h2-8,10,15H,9H2,1H3,(H,23,24). The molecule has 0 saturated heterocycles. The molecule has 4 rings (SSSR count). The number of rotatable bonds is 3. The molecule has 2 aromatic carbocycles. The molecule has 144 valence electrons. The van der Waals surface area contributed by atoms with Crippen molar-refractivity contribution in [3.05, 3.63) is 74.1 Å². The highest BCUT2D eigenvalue weighted by molar-refractivity contribution is 9.10. The molecule has 1 aliphatic heterocycles. The van der Waals surface area contributed by atoms with Crippen LogP contribution in [0.15, 0.2) is 62.1 Å². The summed E-state index contributed by atoms with van der Waals surface area (Å²) in [6.45, 7) is 1.82. The van der Waals surface area contributed by atoms with Crippen LogP contribution < -0.4 is 5.32 Å². The zero-order valence-electron chi connectivity index (χ0n) is 14.7. The highest BCUT2D eigenvalue weighted by atomic mass is 79.9. The minimum atomic E-state index is -3.81. The molecule has 0 aliphatic carbocycles. The second kappa shape index (κ2) is 7.09. The van der Waals surface area contributed by atoms with Gasteiger partial charge in [-0.3, -0.25) is 4.79 Å². The number of amides is 1. The molecule has 0 spiro atoms. The van der Waals surface area contributed by atoms with Crippen LogP contribution in [-0.2, 0) is 14.6 Å². The van der Waals surface area contributed by atoms with Gasteiger partial charge < -0.3 is 5.32 Å². The molecule has 3 aromatic rings. The fraction of sp³-hybridized carbons (Fsp3) is 0.150. The molecule has 4 nitrogen and oxygen atoms in total. The Balaban J connectivity index is 1.87. The molecule has 28 heavy (non-hydrogen) atoms. The number of sulfone groups is 1. The van der Waals surface area contributed by atoms with E-state index in [1.807, 2.05) is 13.0 Å². The van der Waals surface area contributed by atoms with Gasteiger partial charge in [0.2, 0.25) is 15.7 Å². The van der Waals surface area contributed by atoms with Crippen molar-refractivity contribution in [3.63, 3.8) is 0 Å². The first-order valence-corrected chi connectivity index (χ1v) is 11.6. The van der Waals surface area contributed by atoms with E-state index in [-0.39, 0.29) is 27.8 Å². The van der Waals surface area contributed by atoms with Gasteiger partial charge in [-0.2, -0.15) is 0 Å². The molecular weight excluding hydrogens is 465 g/mol. The number of nitrogens with one attached hydrogen (secondary N) is 1. The monoisotopic (exact) mass is 479 g/mol. The van der Waals surface area contributed by atoms with Crippen molar-refractivity contribution in [2.75, 3.05) is 5.32 Å². The van der Waals surface area contributed by atoms with Crippen molar-refractivity contribution in [2.24, 2.45) is 0 Å². The Bertz CT molecular complexity index is 1200. The van der Waals surface area contributed by atoms with Gasteiger partial charge in [0.1, 0.15) is 10.7 Å². The van der Waals surface area contributed by atoms with E-state index in [0.717, 1.165) is 5.56 Å². The maximum atomic E-state index is 14.5. The van der Waals surface area contributed by atoms with Crippen LogP contribution in [0.3, 0.4) is 0 Å². The van der Waals surface area contributed by atoms with Crippen LogP contribution in [0.4, 0.5) is 10.1 Å². The molecule has 0 bridgehead atoms. The van der Waals surface area contributed by atoms with Crippen LogP contribution in [0.2, 0.25) is 0 Å². The number of hydrogen-bond donors (Lipinski definition) is 1. The minimum absolute atomic E-state index is 0.0477. The number of anilines is 1. The van der Waals surface area contributed by atoms with Crippen LogP contribution >= 0.6 is 27.3 Å². The van der Waals surface area contributed by atoms with Gasteiger partial charge in [-0.25, -0.2) is 12.8 Å². The Morgan fingerprint density at radius 1 is 1.21 bits per heavy atom. The van der Waals surface area contributed by atoms with Crippen molar-refractivity contribution < 1.29 is 17.6 Å². The van der Waals surface area contributed by atoms with Gasteiger partial charge in [0, 0.05) is 27.1 Å². The first kappa shape index (κ1) is 19.3. The average Bonchev–Trinajstić information content (AvgIpc) is 3.07. The lowest BCUT2D eigenvalue weighted by Crippen LogP contribution is -2.24. The number of hydrogen-bond acceptors (Lipinski definition) is 4. The SMILES string of the molecule is Cc1cccc(S(=O)(=O)c2csc3c2NC(=O)CC3c2cc(Br)ccc2F)c1. The zero-order chi connectivity index (χ0) is 20.1. The number of carbonyl (C=O) groups is 1. The molecule has 1 aliphatic rings. The largest absolute Gasteiger partial charge is 0.324 e. The molecule has 1 unspecified atom stereocenters. The van der Waals surface area contributed by atoms with Gasteiger partial charge in [-0.1, -0.05) is 28.1 Å². The van der Waals surface area contributed by atoms with Gasteiger partial charge in [-0.05, 0) is 48.4 Å². The summed E-state index contributed by atoms with van der Waals surface area (Å²) in [6.07, 6.45) is 0.0603. The molecule has 0 saturated carbocycles. The highest BCUT2D eigenvalue weighted by Gasteiger charge is 2.35. The molecule has 1 aromatic heterocycles. The summed E-state index contributed by atoms with van der Waals surface area (Å²) in [5.74, 6) is -1.30. The summed E-state index contributed by atoms with van der Waals surface area (Å²) >= 11 is 4.55. The summed E-state index contributed by atoms with van der Waals surface area (Å²) < 4.78 is 41.5. The summed E-state index contributed by atoms with van der Waals surface area (Å²) in [7, 11) is -3.81. The third-order valence-electron chi connectivity index (χ3n) is 4.68. The Morgan fingerprint density at radius 3 is 2.75 bits per heavy atom. The molecule has 8 heteroatoms. The van der Waals surface area contributed by atoms with Crippen molar-refractivity contribution in [3.8, 4) is 0 Å². The van der Waals surface area contributed by atoms with Crippen molar-refractivity contribution in [2.45, 2.75) is 29.1 Å². The predicted molar refractivity (Wildman–Crippen MR) is 110 cm³/mol. The van der Waals surface area contributed by atoms with E-state index in [1.165, 1.54) is 28.8 Å². The first-order chi connectivity index (χ1) is 13.3. The van der Waals surface area contributed by atoms with Crippen molar-refractivity contribution in [1.29, 1.82) is 0 Å².